The molecule has 2 aromatic rings. The molecule has 0 saturated carbocycles. The fourth-order valence-corrected chi connectivity index (χ4v) is 1.84. The molecule has 5 heteroatoms. The standard InChI is InChI=1S/C17H19N3O2/c1-13-15(10-16(18)11-20-13)8-5-9-19-17(21)22-12-14-6-3-2-4-7-14/h2-8,10-11H,9,12,18H2,1H3,(H,19,21). The number of nitrogens with zero attached hydrogens (tertiary/aromatic N) is 1. The molecule has 1 heterocycles. The monoisotopic (exact) mass is 297 g/mol. The van der Waals surface area contributed by atoms with Crippen LogP contribution in [0.25, 0.3) is 6.08 Å². The van der Waals surface area contributed by atoms with Crippen LogP contribution in [0, 0.1) is 6.92 Å². The number of amides is 1. The summed E-state index contributed by atoms with van der Waals surface area (Å²) in [6.07, 6.45) is 4.87. The number of alkyl carbamates (subject to hydrolysis) is 1. The van der Waals surface area contributed by atoms with Gasteiger partial charge in [-0.2, -0.15) is 0 Å². The molecule has 0 spiro atoms. The van der Waals surface area contributed by atoms with Gasteiger partial charge in [-0.3, -0.25) is 4.98 Å². The lowest BCUT2D eigenvalue weighted by molar-refractivity contribution is 0.141. The number of aryl methyl sites for hydroxylation is 1. The van der Waals surface area contributed by atoms with Crippen LogP contribution in [0.2, 0.25) is 0 Å². The van der Waals surface area contributed by atoms with Gasteiger partial charge in [-0.05, 0) is 24.1 Å². The van der Waals surface area contributed by atoms with Gasteiger partial charge in [-0.25, -0.2) is 4.79 Å². The number of rotatable bonds is 5. The van der Waals surface area contributed by atoms with Crippen LogP contribution >= 0.6 is 0 Å². The quantitative estimate of drug-likeness (QED) is 0.889. The van der Waals surface area contributed by atoms with Crippen LogP contribution in [0.4, 0.5) is 10.5 Å². The fourth-order valence-electron chi connectivity index (χ4n) is 1.84. The molecule has 0 fully saturated rings. The molecule has 2 rings (SSSR count). The number of pyridine rings is 1. The zero-order chi connectivity index (χ0) is 15.8. The maximum atomic E-state index is 11.5. The summed E-state index contributed by atoms with van der Waals surface area (Å²) in [4.78, 5) is 15.7. The molecule has 5 nitrogen and oxygen atoms in total. The molecule has 1 aromatic heterocycles. The van der Waals surface area contributed by atoms with E-state index in [9.17, 15) is 4.79 Å². The van der Waals surface area contributed by atoms with E-state index in [-0.39, 0.29) is 6.61 Å². The number of benzene rings is 1. The molecule has 0 aliphatic carbocycles. The number of ether oxygens (including phenoxy) is 1. The first-order chi connectivity index (χ1) is 10.6. The van der Waals surface area contributed by atoms with Crippen LogP contribution in [0.15, 0.2) is 48.7 Å². The second kappa shape index (κ2) is 7.83. The Hall–Kier alpha value is -2.82. The zero-order valence-corrected chi connectivity index (χ0v) is 12.5. The summed E-state index contributed by atoms with van der Waals surface area (Å²) in [7, 11) is 0. The molecule has 0 radical (unpaired) electrons. The van der Waals surface area contributed by atoms with Gasteiger partial charge in [0.15, 0.2) is 0 Å². The van der Waals surface area contributed by atoms with E-state index in [2.05, 4.69) is 10.3 Å². The Morgan fingerprint density at radius 2 is 2.14 bits per heavy atom. The lowest BCUT2D eigenvalue weighted by atomic mass is 10.2. The zero-order valence-electron chi connectivity index (χ0n) is 12.5. The second-order valence-corrected chi connectivity index (χ2v) is 4.79. The summed E-state index contributed by atoms with van der Waals surface area (Å²) >= 11 is 0. The predicted molar refractivity (Wildman–Crippen MR) is 87.1 cm³/mol. The average molecular weight is 297 g/mol. The van der Waals surface area contributed by atoms with E-state index < -0.39 is 6.09 Å². The van der Waals surface area contributed by atoms with E-state index in [1.165, 1.54) is 0 Å². The molecule has 1 aromatic carbocycles. The molecule has 0 aliphatic rings. The van der Waals surface area contributed by atoms with Crippen LogP contribution < -0.4 is 11.1 Å². The molecule has 114 valence electrons. The van der Waals surface area contributed by atoms with Crippen molar-refractivity contribution in [1.29, 1.82) is 0 Å². The Kier molecular flexibility index (Phi) is 5.54. The summed E-state index contributed by atoms with van der Waals surface area (Å²) in [6.45, 7) is 2.54. The van der Waals surface area contributed by atoms with Crippen molar-refractivity contribution in [3.8, 4) is 0 Å². The number of aromatic nitrogens is 1. The summed E-state index contributed by atoms with van der Waals surface area (Å²) < 4.78 is 5.11. The maximum Gasteiger partial charge on any atom is 0.407 e. The molecule has 3 N–H and O–H groups in total. The summed E-state index contributed by atoms with van der Waals surface area (Å²) in [6, 6.07) is 11.4. The van der Waals surface area contributed by atoms with Gasteiger partial charge < -0.3 is 15.8 Å². The molecule has 1 amide bonds. The van der Waals surface area contributed by atoms with Gasteiger partial charge in [-0.15, -0.1) is 0 Å². The van der Waals surface area contributed by atoms with Crippen molar-refractivity contribution in [2.45, 2.75) is 13.5 Å². The topological polar surface area (TPSA) is 77.2 Å². The smallest absolute Gasteiger partial charge is 0.407 e. The highest BCUT2D eigenvalue weighted by Crippen LogP contribution is 2.10. The van der Waals surface area contributed by atoms with Crippen molar-refractivity contribution in [2.75, 3.05) is 12.3 Å². The fraction of sp³-hybridized carbons (Fsp3) is 0.176. The van der Waals surface area contributed by atoms with Gasteiger partial charge in [-0.1, -0.05) is 42.5 Å². The Labute approximate surface area is 129 Å². The van der Waals surface area contributed by atoms with Crippen molar-refractivity contribution >= 4 is 17.9 Å². The van der Waals surface area contributed by atoms with Crippen LogP contribution in [0.5, 0.6) is 0 Å². The maximum absolute atomic E-state index is 11.5. The lowest BCUT2D eigenvalue weighted by Gasteiger charge is -2.05. The van der Waals surface area contributed by atoms with Crippen molar-refractivity contribution in [3.05, 3.63) is 65.5 Å². The first-order valence-electron chi connectivity index (χ1n) is 6.98. The predicted octanol–water partition coefficient (Wildman–Crippen LogP) is 2.91. The van der Waals surface area contributed by atoms with E-state index in [0.717, 1.165) is 16.8 Å². The number of hydrogen-bond donors (Lipinski definition) is 2. The third kappa shape index (κ3) is 4.94. The highest BCUT2D eigenvalue weighted by Gasteiger charge is 2.00. The molecule has 0 saturated heterocycles. The third-order valence-electron chi connectivity index (χ3n) is 3.02. The van der Waals surface area contributed by atoms with E-state index in [4.69, 9.17) is 10.5 Å². The van der Waals surface area contributed by atoms with Crippen LogP contribution in [-0.2, 0) is 11.3 Å². The normalized spacial score (nSPS) is 10.6. The van der Waals surface area contributed by atoms with Gasteiger partial charge in [0.2, 0.25) is 0 Å². The van der Waals surface area contributed by atoms with Gasteiger partial charge in [0.1, 0.15) is 6.61 Å². The van der Waals surface area contributed by atoms with Gasteiger partial charge in [0.05, 0.1) is 11.9 Å². The summed E-state index contributed by atoms with van der Waals surface area (Å²) in [5.74, 6) is 0. The Bertz CT molecular complexity index is 654. The first-order valence-corrected chi connectivity index (χ1v) is 6.98. The molecule has 22 heavy (non-hydrogen) atoms. The molecule has 0 aliphatic heterocycles. The first kappa shape index (κ1) is 15.6. The van der Waals surface area contributed by atoms with Crippen LogP contribution in [0.3, 0.4) is 0 Å². The van der Waals surface area contributed by atoms with E-state index in [1.807, 2.05) is 55.5 Å². The largest absolute Gasteiger partial charge is 0.445 e. The van der Waals surface area contributed by atoms with Crippen LogP contribution in [-0.4, -0.2) is 17.6 Å². The van der Waals surface area contributed by atoms with Crippen molar-refractivity contribution in [1.82, 2.24) is 10.3 Å². The lowest BCUT2D eigenvalue weighted by Crippen LogP contribution is -2.24. The highest BCUT2D eigenvalue weighted by molar-refractivity contribution is 5.67. The SMILES string of the molecule is Cc1ncc(N)cc1C=CCNC(=O)OCc1ccccc1. The van der Waals surface area contributed by atoms with Crippen molar-refractivity contribution < 1.29 is 9.53 Å². The van der Waals surface area contributed by atoms with Gasteiger partial charge in [0, 0.05) is 12.2 Å². The minimum atomic E-state index is -0.448. The van der Waals surface area contributed by atoms with Crippen LogP contribution in [0.1, 0.15) is 16.8 Å². The number of anilines is 1. The molecule has 0 atom stereocenters. The van der Waals surface area contributed by atoms with Crippen molar-refractivity contribution in [2.24, 2.45) is 0 Å². The number of hydrogen-bond acceptors (Lipinski definition) is 4. The van der Waals surface area contributed by atoms with Gasteiger partial charge >= 0.3 is 6.09 Å². The third-order valence-corrected chi connectivity index (χ3v) is 3.02. The number of carbonyl (C=O) groups is 1. The average Bonchev–Trinajstić information content (AvgIpc) is 2.53. The molecule has 0 unspecified atom stereocenters. The summed E-state index contributed by atoms with van der Waals surface area (Å²) in [5, 5.41) is 2.66. The highest BCUT2D eigenvalue weighted by atomic mass is 16.5. The number of nitrogens with two attached hydrogens (primary N) is 1. The number of nitrogens with one attached hydrogen (secondary N) is 1. The Balaban J connectivity index is 1.75. The van der Waals surface area contributed by atoms with E-state index >= 15 is 0 Å². The number of nitrogen functional groups attached to an aromatic ring is 1. The minimum Gasteiger partial charge on any atom is -0.445 e. The van der Waals surface area contributed by atoms with Crippen molar-refractivity contribution in [3.63, 3.8) is 0 Å². The molecular weight excluding hydrogens is 278 g/mol. The Morgan fingerprint density at radius 3 is 2.91 bits per heavy atom. The summed E-state index contributed by atoms with van der Waals surface area (Å²) in [5.41, 5.74) is 9.07. The minimum absolute atomic E-state index is 0.259. The molecular formula is C17H19N3O2. The number of carbonyl (C=O) groups excluding carboxylic acids is 1. The van der Waals surface area contributed by atoms with E-state index in [1.54, 1.807) is 6.20 Å². The second-order valence-electron chi connectivity index (χ2n) is 4.79. The van der Waals surface area contributed by atoms with E-state index in [0.29, 0.717) is 12.2 Å². The molecule has 0 bridgehead atoms. The Morgan fingerprint density at radius 1 is 1.36 bits per heavy atom. The van der Waals surface area contributed by atoms with Gasteiger partial charge in [0.25, 0.3) is 0 Å².